The van der Waals surface area contributed by atoms with Crippen molar-refractivity contribution in [1.29, 1.82) is 0 Å². The molecule has 0 saturated heterocycles. The maximum absolute atomic E-state index is 12.0. The van der Waals surface area contributed by atoms with Crippen molar-refractivity contribution in [3.05, 3.63) is 12.2 Å². The molecule has 4 nitrogen and oxygen atoms in total. The van der Waals surface area contributed by atoms with Gasteiger partial charge < -0.3 is 4.79 Å². The summed E-state index contributed by atoms with van der Waals surface area (Å²) in [5, 5.41) is 0. The van der Waals surface area contributed by atoms with E-state index in [1.807, 2.05) is 12.2 Å². The Kier molecular flexibility index (Phi) is 5.60. The van der Waals surface area contributed by atoms with Gasteiger partial charge >= 0.3 is 0 Å². The fourth-order valence-corrected chi connectivity index (χ4v) is 2.71. The number of carbonyl (C=O) groups excluding carboxylic acids is 2. The van der Waals surface area contributed by atoms with Crippen molar-refractivity contribution in [2.24, 2.45) is 17.7 Å². The summed E-state index contributed by atoms with van der Waals surface area (Å²) in [5.74, 6) is 4.24. The van der Waals surface area contributed by atoms with Gasteiger partial charge in [0.25, 0.3) is 9.03 Å². The molecule has 0 aromatic carbocycles. The van der Waals surface area contributed by atoms with Crippen molar-refractivity contribution in [3.63, 3.8) is 0 Å². The molecule has 1 aliphatic rings. The highest BCUT2D eigenvalue weighted by molar-refractivity contribution is 8.02. The first kappa shape index (κ1) is 15.1. The standard InChI is InChI=1S/C9H11Cl3N2O2S/c10-9(11,12)17-14(13)8(16)7-4-2-1-3-6(7)5-15/h1-2,5-7H,3-4,13H2. The molecule has 0 bridgehead atoms. The Morgan fingerprint density at radius 1 is 1.41 bits per heavy atom. The molecule has 0 spiro atoms. The SMILES string of the molecule is NN(SC(Cl)(Cl)Cl)C(=O)C1CC=CCC1C=O. The van der Waals surface area contributed by atoms with Crippen molar-refractivity contribution in [1.82, 2.24) is 4.41 Å². The average Bonchev–Trinajstić information content (AvgIpc) is 2.25. The average molecular weight is 318 g/mol. The van der Waals surface area contributed by atoms with Crippen molar-refractivity contribution in [2.75, 3.05) is 0 Å². The third kappa shape index (κ3) is 4.67. The maximum Gasteiger partial charge on any atom is 0.257 e. The number of carbonyl (C=O) groups is 2. The Balaban J connectivity index is 2.68. The normalized spacial score (nSPS) is 24.5. The monoisotopic (exact) mass is 316 g/mol. The molecule has 2 N–H and O–H groups in total. The number of aldehydes is 1. The van der Waals surface area contributed by atoms with Crippen LogP contribution < -0.4 is 5.84 Å². The summed E-state index contributed by atoms with van der Waals surface area (Å²) in [5.41, 5.74) is 0. The quantitative estimate of drug-likeness (QED) is 0.165. The molecular formula is C9H11Cl3N2O2S. The van der Waals surface area contributed by atoms with Crippen LogP contribution in [0.1, 0.15) is 12.8 Å². The van der Waals surface area contributed by atoms with Gasteiger partial charge in [0.1, 0.15) is 6.29 Å². The Morgan fingerprint density at radius 3 is 2.53 bits per heavy atom. The van der Waals surface area contributed by atoms with Gasteiger partial charge in [0.15, 0.2) is 0 Å². The number of hydrogen-bond donors (Lipinski definition) is 1. The van der Waals surface area contributed by atoms with E-state index in [2.05, 4.69) is 0 Å². The Morgan fingerprint density at radius 2 is 2.00 bits per heavy atom. The van der Waals surface area contributed by atoms with Gasteiger partial charge in [-0.3, -0.25) is 4.79 Å². The van der Waals surface area contributed by atoms with Crippen molar-refractivity contribution >= 4 is 58.9 Å². The van der Waals surface area contributed by atoms with Crippen molar-refractivity contribution in [2.45, 2.75) is 16.0 Å². The van der Waals surface area contributed by atoms with Gasteiger partial charge in [-0.25, -0.2) is 10.3 Å². The van der Waals surface area contributed by atoms with Crippen LogP contribution in [-0.2, 0) is 9.59 Å². The lowest BCUT2D eigenvalue weighted by Gasteiger charge is -2.28. The van der Waals surface area contributed by atoms with Crippen LogP contribution in [0.5, 0.6) is 0 Å². The fourth-order valence-electron chi connectivity index (χ4n) is 1.59. The van der Waals surface area contributed by atoms with Crippen LogP contribution in [0.25, 0.3) is 0 Å². The Hall–Kier alpha value is 0.0600. The minimum atomic E-state index is -1.70. The van der Waals surface area contributed by atoms with E-state index in [0.717, 1.165) is 10.7 Å². The van der Waals surface area contributed by atoms with Crippen LogP contribution in [-0.4, -0.2) is 19.7 Å². The molecule has 1 amide bonds. The lowest BCUT2D eigenvalue weighted by Crippen LogP contribution is -2.41. The van der Waals surface area contributed by atoms with Gasteiger partial charge in [0.05, 0.1) is 5.92 Å². The zero-order chi connectivity index (χ0) is 13.1. The summed E-state index contributed by atoms with van der Waals surface area (Å²) >= 11 is 17.1. The molecule has 96 valence electrons. The second kappa shape index (κ2) is 6.29. The molecule has 1 rings (SSSR count). The molecule has 17 heavy (non-hydrogen) atoms. The van der Waals surface area contributed by atoms with Crippen molar-refractivity contribution in [3.8, 4) is 0 Å². The van der Waals surface area contributed by atoms with E-state index in [-0.39, 0.29) is 5.92 Å². The second-order valence-electron chi connectivity index (χ2n) is 3.55. The first-order valence-electron chi connectivity index (χ1n) is 4.80. The minimum Gasteiger partial charge on any atom is -0.303 e. The van der Waals surface area contributed by atoms with Crippen LogP contribution in [0.2, 0.25) is 0 Å². The van der Waals surface area contributed by atoms with Crippen LogP contribution in [0.4, 0.5) is 0 Å². The van der Waals surface area contributed by atoms with E-state index in [0.29, 0.717) is 24.8 Å². The molecule has 0 saturated carbocycles. The van der Waals surface area contributed by atoms with Crippen LogP contribution in [0.15, 0.2) is 12.2 Å². The number of alkyl halides is 3. The van der Waals surface area contributed by atoms with Gasteiger partial charge in [0, 0.05) is 17.9 Å². The Bertz CT molecular complexity index is 333. The number of nitrogens with zero attached hydrogens (tertiary/aromatic N) is 1. The van der Waals surface area contributed by atoms with E-state index in [1.54, 1.807) is 0 Å². The smallest absolute Gasteiger partial charge is 0.257 e. The lowest BCUT2D eigenvalue weighted by atomic mass is 9.83. The molecule has 0 aromatic rings. The molecule has 0 radical (unpaired) electrons. The minimum absolute atomic E-state index is 0.366. The topological polar surface area (TPSA) is 63.4 Å². The first-order chi connectivity index (χ1) is 7.85. The summed E-state index contributed by atoms with van der Waals surface area (Å²) in [6.45, 7) is 0. The summed E-state index contributed by atoms with van der Waals surface area (Å²) in [4.78, 5) is 22.8. The highest BCUT2D eigenvalue weighted by atomic mass is 35.6. The number of hydrogen-bond acceptors (Lipinski definition) is 4. The maximum atomic E-state index is 12.0. The van der Waals surface area contributed by atoms with E-state index >= 15 is 0 Å². The zero-order valence-corrected chi connectivity index (χ0v) is 11.8. The number of hydrazine groups is 1. The van der Waals surface area contributed by atoms with Crippen LogP contribution in [0.3, 0.4) is 0 Å². The van der Waals surface area contributed by atoms with E-state index in [4.69, 9.17) is 40.6 Å². The van der Waals surface area contributed by atoms with E-state index in [1.165, 1.54) is 0 Å². The number of halogens is 3. The van der Waals surface area contributed by atoms with Gasteiger partial charge in [-0.1, -0.05) is 47.0 Å². The van der Waals surface area contributed by atoms with Gasteiger partial charge in [-0.15, -0.1) is 0 Å². The van der Waals surface area contributed by atoms with E-state index in [9.17, 15) is 9.59 Å². The Labute approximate surface area is 119 Å². The number of rotatable bonds is 3. The lowest BCUT2D eigenvalue weighted by molar-refractivity contribution is -0.134. The largest absolute Gasteiger partial charge is 0.303 e. The van der Waals surface area contributed by atoms with Crippen LogP contribution >= 0.6 is 46.8 Å². The molecule has 0 heterocycles. The fraction of sp³-hybridized carbons (Fsp3) is 0.556. The molecule has 0 aliphatic heterocycles. The zero-order valence-electron chi connectivity index (χ0n) is 8.68. The molecule has 2 atom stereocenters. The second-order valence-corrected chi connectivity index (χ2v) is 7.69. The number of nitrogens with two attached hydrogens (primary N) is 1. The summed E-state index contributed by atoms with van der Waals surface area (Å²) in [6.07, 6.45) is 5.48. The summed E-state index contributed by atoms with van der Waals surface area (Å²) in [7, 11) is 0. The molecule has 0 fully saturated rings. The molecule has 2 unspecified atom stereocenters. The summed E-state index contributed by atoms with van der Waals surface area (Å²) < 4.78 is -0.918. The van der Waals surface area contributed by atoms with Crippen molar-refractivity contribution < 1.29 is 9.59 Å². The van der Waals surface area contributed by atoms with E-state index < -0.39 is 14.9 Å². The molecule has 8 heteroatoms. The first-order valence-corrected chi connectivity index (χ1v) is 6.70. The third-order valence-electron chi connectivity index (χ3n) is 2.39. The predicted molar refractivity (Wildman–Crippen MR) is 70.3 cm³/mol. The number of allylic oxidation sites excluding steroid dienone is 2. The molecular weight excluding hydrogens is 307 g/mol. The predicted octanol–water partition coefficient (Wildman–Crippen LogP) is 2.45. The molecule has 0 aromatic heterocycles. The van der Waals surface area contributed by atoms with Gasteiger partial charge in [0.2, 0.25) is 0 Å². The van der Waals surface area contributed by atoms with Gasteiger partial charge in [-0.05, 0) is 12.8 Å². The van der Waals surface area contributed by atoms with Gasteiger partial charge in [-0.2, -0.15) is 0 Å². The number of amides is 1. The summed E-state index contributed by atoms with van der Waals surface area (Å²) in [6, 6.07) is 0. The highest BCUT2D eigenvalue weighted by Crippen LogP contribution is 2.40. The third-order valence-corrected chi connectivity index (χ3v) is 3.60. The molecule has 1 aliphatic carbocycles. The van der Waals surface area contributed by atoms with Crippen LogP contribution in [0, 0.1) is 11.8 Å². The highest BCUT2D eigenvalue weighted by Gasteiger charge is 2.34.